The van der Waals surface area contributed by atoms with Gasteiger partial charge in [0.25, 0.3) is 0 Å². The Morgan fingerprint density at radius 3 is 1.32 bits per heavy atom. The van der Waals surface area contributed by atoms with Crippen LogP contribution in [0.2, 0.25) is 0 Å². The van der Waals surface area contributed by atoms with Crippen LogP contribution in [0, 0.1) is 41.5 Å². The van der Waals surface area contributed by atoms with Crippen molar-refractivity contribution in [1.29, 1.82) is 0 Å². The van der Waals surface area contributed by atoms with Crippen LogP contribution in [0.15, 0.2) is 159 Å². The standard InChI is InChI=1S/C23H23N3O3.C22H21N3O3.C21H19NO2/c1-5-24-23(27)26-19-9-7-6-8-18(19)21(16-10-12-17(28-4)13-11-16)22(26)20-14(2)25-29-15(20)3;1-4-23-22(27)25-18-8-6-5-7-17(18)20(15-9-11-16(26)12-10-15)21(25)19-13(2)24-28-14(19)3;1-13-20(14(2)24-22-13)19-12-16-6-4-5-7-18(16)21(19)15-8-10-17(23-3)11-9-15/h6-13H,5H2,1-4H3,(H,24,27);5-12,26H,4H2,1-3H3,(H,23,27);4-11H,12H2,1-3H3. The molecule has 0 bridgehead atoms. The van der Waals surface area contributed by atoms with Crippen LogP contribution in [0.5, 0.6) is 17.2 Å². The van der Waals surface area contributed by atoms with Crippen molar-refractivity contribution in [1.82, 2.24) is 35.2 Å². The second-order valence-electron chi connectivity index (χ2n) is 19.6. The van der Waals surface area contributed by atoms with Crippen LogP contribution in [-0.4, -0.2) is 69.1 Å². The number of para-hydroxylation sites is 2. The predicted octanol–water partition coefficient (Wildman–Crippen LogP) is 14.8. The minimum absolute atomic E-state index is 0.182. The first kappa shape index (κ1) is 54.5. The molecule has 1 aliphatic rings. The van der Waals surface area contributed by atoms with Crippen molar-refractivity contribution in [3.63, 3.8) is 0 Å². The molecule has 0 aliphatic heterocycles. The Hall–Kier alpha value is -9.89. The molecule has 0 saturated carbocycles. The van der Waals surface area contributed by atoms with Crippen molar-refractivity contribution in [3.05, 3.63) is 202 Å². The Labute approximate surface area is 469 Å². The van der Waals surface area contributed by atoms with Gasteiger partial charge in [0.15, 0.2) is 0 Å². The number of fused-ring (bicyclic) bond motifs is 3. The fourth-order valence-corrected chi connectivity index (χ4v) is 11.0. The number of hydrogen-bond acceptors (Lipinski definition) is 11. The Morgan fingerprint density at radius 1 is 0.506 bits per heavy atom. The average molecular weight is 1080 g/mol. The van der Waals surface area contributed by atoms with Crippen molar-refractivity contribution >= 4 is 45.0 Å². The molecule has 0 fully saturated rings. The summed E-state index contributed by atoms with van der Waals surface area (Å²) in [6.07, 6.45) is 0.903. The number of nitrogens with zero attached hydrogens (tertiary/aromatic N) is 5. The van der Waals surface area contributed by atoms with E-state index in [1.807, 2.05) is 152 Å². The van der Waals surface area contributed by atoms with E-state index in [9.17, 15) is 14.7 Å². The molecule has 1 aliphatic carbocycles. The van der Waals surface area contributed by atoms with Gasteiger partial charge < -0.3 is 38.8 Å². The maximum absolute atomic E-state index is 13.1. The topological polar surface area (TPSA) is 185 Å². The van der Waals surface area contributed by atoms with Gasteiger partial charge in [-0.05, 0) is 149 Å². The highest BCUT2D eigenvalue weighted by Gasteiger charge is 2.31. The van der Waals surface area contributed by atoms with E-state index in [4.69, 9.17) is 23.0 Å². The SMILES string of the molecule is CCNC(=O)n1c(-c2c(C)noc2C)c(-c2ccc(O)cc2)c2ccccc21.CCNC(=O)n1c(-c2c(C)noc2C)c(-c2ccc(OC)cc2)c2ccccc21.COc1ccc(C2=C(c3c(C)noc3C)Cc3ccccc32)cc1. The molecule has 12 rings (SSSR count). The summed E-state index contributed by atoms with van der Waals surface area (Å²) in [5.41, 5.74) is 18.4. The molecule has 15 nitrogen and oxygen atoms in total. The molecular formula is C66H63N7O8. The van der Waals surface area contributed by atoms with E-state index in [1.165, 1.54) is 27.8 Å². The minimum atomic E-state index is -0.210. The van der Waals surface area contributed by atoms with E-state index in [1.54, 1.807) is 35.5 Å². The van der Waals surface area contributed by atoms with E-state index < -0.39 is 0 Å². The third-order valence-electron chi connectivity index (χ3n) is 14.6. The molecule has 0 saturated heterocycles. The first-order chi connectivity index (χ1) is 39.3. The molecule has 5 aromatic heterocycles. The first-order valence-corrected chi connectivity index (χ1v) is 26.8. The molecule has 0 unspecified atom stereocenters. The Bertz CT molecular complexity index is 4080. The number of phenolic OH excluding ortho intramolecular Hbond substituents is 1. The number of rotatable bonds is 10. The summed E-state index contributed by atoms with van der Waals surface area (Å²) in [6, 6.07) is 47.0. The average Bonchev–Trinajstić information content (AvgIpc) is 4.48. The van der Waals surface area contributed by atoms with Crippen LogP contribution in [0.25, 0.3) is 77.7 Å². The number of carbonyl (C=O) groups is 2. The summed E-state index contributed by atoms with van der Waals surface area (Å²) in [7, 11) is 3.33. The number of ether oxygens (including phenoxy) is 2. The zero-order valence-electron chi connectivity index (χ0n) is 47.0. The third-order valence-corrected chi connectivity index (χ3v) is 14.6. The number of amides is 2. The molecule has 0 spiro atoms. The molecule has 0 atom stereocenters. The summed E-state index contributed by atoms with van der Waals surface area (Å²) in [5, 5.41) is 29.9. The van der Waals surface area contributed by atoms with Gasteiger partial charge in [0, 0.05) is 40.6 Å². The van der Waals surface area contributed by atoms with Crippen molar-refractivity contribution in [2.75, 3.05) is 27.3 Å². The lowest BCUT2D eigenvalue weighted by Gasteiger charge is -2.12. The predicted molar refractivity (Wildman–Crippen MR) is 317 cm³/mol. The normalized spacial score (nSPS) is 11.7. The van der Waals surface area contributed by atoms with E-state index in [0.29, 0.717) is 30.3 Å². The van der Waals surface area contributed by atoms with Gasteiger partial charge in [0.1, 0.15) is 34.5 Å². The maximum atomic E-state index is 13.1. The van der Waals surface area contributed by atoms with Crippen LogP contribution in [0.1, 0.15) is 70.5 Å². The van der Waals surface area contributed by atoms with Crippen LogP contribution < -0.4 is 20.1 Å². The number of allylic oxidation sites excluding steroid dienone is 1. The van der Waals surface area contributed by atoms with E-state index >= 15 is 0 Å². The van der Waals surface area contributed by atoms with Crippen molar-refractivity contribution in [2.45, 2.75) is 61.8 Å². The zero-order valence-corrected chi connectivity index (χ0v) is 47.0. The van der Waals surface area contributed by atoms with Crippen LogP contribution >= 0.6 is 0 Å². The van der Waals surface area contributed by atoms with Crippen molar-refractivity contribution in [2.24, 2.45) is 0 Å². The van der Waals surface area contributed by atoms with Crippen LogP contribution in [0.3, 0.4) is 0 Å². The maximum Gasteiger partial charge on any atom is 0.326 e. The number of aromatic nitrogens is 5. The van der Waals surface area contributed by atoms with Gasteiger partial charge in [0.05, 0.1) is 64.8 Å². The second-order valence-corrected chi connectivity index (χ2v) is 19.6. The lowest BCUT2D eigenvalue weighted by atomic mass is 9.93. The third kappa shape index (κ3) is 10.3. The first-order valence-electron chi connectivity index (χ1n) is 26.8. The van der Waals surface area contributed by atoms with Gasteiger partial charge in [-0.1, -0.05) is 113 Å². The number of hydrogen-bond donors (Lipinski definition) is 3. The Balaban J connectivity index is 0.000000137. The molecule has 15 heteroatoms. The molecule has 2 amide bonds. The number of aromatic hydroxyl groups is 1. The molecule has 81 heavy (non-hydrogen) atoms. The fraction of sp³-hybridized carbons (Fsp3) is 0.197. The van der Waals surface area contributed by atoms with E-state index in [-0.39, 0.29) is 17.8 Å². The number of aryl methyl sites for hydroxylation is 6. The molecular weight excluding hydrogens is 1020 g/mol. The largest absolute Gasteiger partial charge is 0.508 e. The number of nitrogens with one attached hydrogen (secondary N) is 2. The highest BCUT2D eigenvalue weighted by molar-refractivity contribution is 6.11. The number of benzene rings is 6. The lowest BCUT2D eigenvalue weighted by molar-refractivity contribution is 0.243. The summed E-state index contributed by atoms with van der Waals surface area (Å²) in [5.74, 6) is 4.03. The van der Waals surface area contributed by atoms with E-state index in [0.717, 1.165) is 107 Å². The fourth-order valence-electron chi connectivity index (χ4n) is 11.0. The molecule has 0 radical (unpaired) electrons. The van der Waals surface area contributed by atoms with Gasteiger partial charge >= 0.3 is 12.1 Å². The zero-order chi connectivity index (χ0) is 57.1. The highest BCUT2D eigenvalue weighted by atomic mass is 16.5. The Morgan fingerprint density at radius 2 is 0.901 bits per heavy atom. The summed E-state index contributed by atoms with van der Waals surface area (Å²) < 4.78 is 30.3. The molecule has 11 aromatic rings. The molecule has 6 aromatic carbocycles. The molecule has 5 heterocycles. The van der Waals surface area contributed by atoms with Crippen LogP contribution in [-0.2, 0) is 6.42 Å². The number of methoxy groups -OCH3 is 2. The van der Waals surface area contributed by atoms with Gasteiger partial charge in [0.2, 0.25) is 0 Å². The van der Waals surface area contributed by atoms with Gasteiger partial charge in [-0.3, -0.25) is 9.13 Å². The van der Waals surface area contributed by atoms with Gasteiger partial charge in [-0.15, -0.1) is 0 Å². The summed E-state index contributed by atoms with van der Waals surface area (Å²) >= 11 is 0. The number of phenols is 1. The van der Waals surface area contributed by atoms with E-state index in [2.05, 4.69) is 62.5 Å². The Kier molecular flexibility index (Phi) is 15.6. The second kappa shape index (κ2) is 23.2. The molecule has 410 valence electrons. The quantitative estimate of drug-likeness (QED) is 0.118. The van der Waals surface area contributed by atoms with Crippen molar-refractivity contribution in [3.8, 4) is 62.0 Å². The summed E-state index contributed by atoms with van der Waals surface area (Å²) in [4.78, 5) is 26.2. The van der Waals surface area contributed by atoms with Gasteiger partial charge in [-0.25, -0.2) is 9.59 Å². The minimum Gasteiger partial charge on any atom is -0.508 e. The highest BCUT2D eigenvalue weighted by Crippen LogP contribution is 2.47. The summed E-state index contributed by atoms with van der Waals surface area (Å²) in [6.45, 7) is 16.3. The lowest BCUT2D eigenvalue weighted by Crippen LogP contribution is -2.28. The van der Waals surface area contributed by atoms with Crippen LogP contribution in [0.4, 0.5) is 9.59 Å². The smallest absolute Gasteiger partial charge is 0.326 e. The van der Waals surface area contributed by atoms with Gasteiger partial charge in [-0.2, -0.15) is 0 Å². The monoisotopic (exact) mass is 1080 g/mol. The number of carbonyl (C=O) groups excluding carboxylic acids is 2. The van der Waals surface area contributed by atoms with Crippen molar-refractivity contribution < 1.29 is 37.7 Å². The molecule has 3 N–H and O–H groups in total.